The molecule has 0 aromatic heterocycles. The van der Waals surface area contributed by atoms with Crippen LogP contribution in [-0.4, -0.2) is 58.8 Å². The zero-order chi connectivity index (χ0) is 12.3. The Morgan fingerprint density at radius 2 is 2.25 bits per heavy atom. The molecule has 1 heterocycles. The molecule has 6 nitrogen and oxygen atoms in total. The Morgan fingerprint density at radius 1 is 1.62 bits per heavy atom. The summed E-state index contributed by atoms with van der Waals surface area (Å²) >= 11 is 0. The van der Waals surface area contributed by atoms with E-state index < -0.39 is 18.6 Å². The van der Waals surface area contributed by atoms with E-state index in [4.69, 9.17) is 20.9 Å². The van der Waals surface area contributed by atoms with Crippen molar-refractivity contribution >= 4 is 13.1 Å². The van der Waals surface area contributed by atoms with Gasteiger partial charge in [-0.1, -0.05) is 6.42 Å². The number of nitrogens with zero attached hydrogens (tertiary/aromatic N) is 1. The molecule has 5 N–H and O–H groups in total. The topological polar surface area (TPSA) is 107 Å². The maximum absolute atomic E-state index is 11.1. The van der Waals surface area contributed by atoms with Crippen molar-refractivity contribution in [3.05, 3.63) is 0 Å². The van der Waals surface area contributed by atoms with Gasteiger partial charge in [0.25, 0.3) is 0 Å². The second-order valence-corrected chi connectivity index (χ2v) is 4.65. The van der Waals surface area contributed by atoms with Crippen LogP contribution in [0.15, 0.2) is 0 Å². The lowest BCUT2D eigenvalue weighted by molar-refractivity contribution is -0.144. The Balaban J connectivity index is 2.53. The molecule has 2 atom stereocenters. The number of rotatable bonds is 5. The van der Waals surface area contributed by atoms with Crippen LogP contribution >= 0.6 is 0 Å². The Labute approximate surface area is 95.2 Å². The molecular weight excluding hydrogens is 211 g/mol. The minimum atomic E-state index is -1.32. The lowest BCUT2D eigenvalue weighted by atomic mass is 9.78. The highest BCUT2D eigenvalue weighted by Crippen LogP contribution is 2.29. The number of carboxylic acids is 1. The maximum Gasteiger partial charge on any atom is 0.451 e. The van der Waals surface area contributed by atoms with E-state index in [0.29, 0.717) is 25.9 Å². The van der Waals surface area contributed by atoms with E-state index >= 15 is 0 Å². The first-order valence-electron chi connectivity index (χ1n) is 5.43. The Morgan fingerprint density at radius 3 is 2.75 bits per heavy atom. The quantitative estimate of drug-likeness (QED) is 0.432. The third-order valence-electron chi connectivity index (χ3n) is 3.21. The highest BCUT2D eigenvalue weighted by molar-refractivity contribution is 6.40. The number of hydrogen-bond donors (Lipinski definition) is 4. The molecule has 0 spiro atoms. The predicted molar refractivity (Wildman–Crippen MR) is 59.8 cm³/mol. The molecule has 0 aromatic rings. The summed E-state index contributed by atoms with van der Waals surface area (Å²) in [5.41, 5.74) is 4.69. The summed E-state index contributed by atoms with van der Waals surface area (Å²) < 4.78 is 0. The zero-order valence-corrected chi connectivity index (χ0v) is 9.46. The lowest BCUT2D eigenvalue weighted by Gasteiger charge is -2.25. The van der Waals surface area contributed by atoms with Crippen molar-refractivity contribution in [3.8, 4) is 0 Å². The summed E-state index contributed by atoms with van der Waals surface area (Å²) in [5.74, 6) is -1.11. The minimum Gasteiger partial charge on any atom is -0.480 e. The molecule has 0 amide bonds. The van der Waals surface area contributed by atoms with Crippen molar-refractivity contribution in [2.45, 2.75) is 24.7 Å². The molecule has 1 aliphatic heterocycles. The number of carboxylic acid groups (broad SMARTS) is 1. The summed E-state index contributed by atoms with van der Waals surface area (Å²) in [5, 5.41) is 26.5. The molecule has 0 radical (unpaired) electrons. The maximum atomic E-state index is 11.1. The summed E-state index contributed by atoms with van der Waals surface area (Å²) in [4.78, 5) is 13.0. The highest BCUT2D eigenvalue weighted by Gasteiger charge is 2.47. The minimum absolute atomic E-state index is 0.131. The molecule has 0 bridgehead atoms. The molecule has 16 heavy (non-hydrogen) atoms. The molecule has 0 saturated carbocycles. The summed E-state index contributed by atoms with van der Waals surface area (Å²) in [6.07, 6.45) is 1.43. The molecule has 0 aliphatic carbocycles. The third kappa shape index (κ3) is 2.94. The van der Waals surface area contributed by atoms with Crippen LogP contribution in [0.2, 0.25) is 6.32 Å². The van der Waals surface area contributed by atoms with Crippen molar-refractivity contribution in [3.63, 3.8) is 0 Å². The molecule has 7 heteroatoms. The smallest absolute Gasteiger partial charge is 0.451 e. The standard InChI is InChI=1S/C9H19BN2O4/c1-12-5-7(3-2-4-10(15)16)9(11,6-12)8(13)14/h7,15-16H,2-6,11H2,1H3,(H,13,14)/t7?,9-/m0/s1. The average molecular weight is 230 g/mol. The third-order valence-corrected chi connectivity index (χ3v) is 3.21. The van der Waals surface area contributed by atoms with Gasteiger partial charge >= 0.3 is 13.1 Å². The monoisotopic (exact) mass is 230 g/mol. The molecule has 1 fully saturated rings. The summed E-state index contributed by atoms with van der Waals surface area (Å²) in [7, 11) is 0.516. The summed E-state index contributed by atoms with van der Waals surface area (Å²) in [6, 6.07) is 0. The summed E-state index contributed by atoms with van der Waals surface area (Å²) in [6.45, 7) is 0.985. The fourth-order valence-corrected chi connectivity index (χ4v) is 2.32. The number of nitrogens with two attached hydrogens (primary N) is 1. The first kappa shape index (κ1) is 13.4. The molecular formula is C9H19BN2O4. The second-order valence-electron chi connectivity index (χ2n) is 4.65. The van der Waals surface area contributed by atoms with Crippen LogP contribution in [0.25, 0.3) is 0 Å². The van der Waals surface area contributed by atoms with E-state index in [2.05, 4.69) is 0 Å². The zero-order valence-electron chi connectivity index (χ0n) is 9.46. The van der Waals surface area contributed by atoms with Crippen molar-refractivity contribution in [1.29, 1.82) is 0 Å². The van der Waals surface area contributed by atoms with Crippen LogP contribution in [0.5, 0.6) is 0 Å². The number of hydrogen-bond acceptors (Lipinski definition) is 5. The molecule has 1 rings (SSSR count). The van der Waals surface area contributed by atoms with E-state index in [-0.39, 0.29) is 12.2 Å². The Kier molecular flexibility index (Phi) is 4.31. The number of aliphatic carboxylic acids is 1. The van der Waals surface area contributed by atoms with E-state index in [0.717, 1.165) is 0 Å². The van der Waals surface area contributed by atoms with Crippen molar-refractivity contribution < 1.29 is 19.9 Å². The SMILES string of the molecule is CN1CC(CCCB(O)O)[C@](N)(C(=O)O)C1. The number of likely N-dealkylation sites (N-methyl/N-ethyl adjacent to an activating group) is 1. The highest BCUT2D eigenvalue weighted by atomic mass is 16.4. The van der Waals surface area contributed by atoms with Gasteiger partial charge in [0.1, 0.15) is 5.54 Å². The Hall–Kier alpha value is -0.625. The largest absolute Gasteiger partial charge is 0.480 e. The van der Waals surface area contributed by atoms with Gasteiger partial charge in [-0.25, -0.2) is 0 Å². The van der Waals surface area contributed by atoms with E-state index in [9.17, 15) is 4.79 Å². The number of carbonyl (C=O) groups is 1. The Bertz CT molecular complexity index is 264. The van der Waals surface area contributed by atoms with Crippen LogP contribution in [0.4, 0.5) is 0 Å². The van der Waals surface area contributed by atoms with Crippen LogP contribution in [0.1, 0.15) is 12.8 Å². The van der Waals surface area contributed by atoms with Gasteiger partial charge < -0.3 is 25.8 Å². The normalized spacial score (nSPS) is 30.6. The van der Waals surface area contributed by atoms with Gasteiger partial charge in [-0.2, -0.15) is 0 Å². The van der Waals surface area contributed by atoms with Gasteiger partial charge in [0.2, 0.25) is 0 Å². The van der Waals surface area contributed by atoms with E-state index in [1.165, 1.54) is 0 Å². The first-order chi connectivity index (χ1) is 7.36. The fraction of sp³-hybridized carbons (Fsp3) is 0.889. The van der Waals surface area contributed by atoms with Gasteiger partial charge in [0, 0.05) is 19.0 Å². The van der Waals surface area contributed by atoms with Crippen molar-refractivity contribution in [2.24, 2.45) is 11.7 Å². The lowest BCUT2D eigenvalue weighted by Crippen LogP contribution is -2.54. The molecule has 92 valence electrons. The first-order valence-corrected chi connectivity index (χ1v) is 5.43. The van der Waals surface area contributed by atoms with E-state index in [1.807, 2.05) is 11.9 Å². The van der Waals surface area contributed by atoms with E-state index in [1.54, 1.807) is 0 Å². The number of likely N-dealkylation sites (tertiary alicyclic amines) is 1. The van der Waals surface area contributed by atoms with Gasteiger partial charge in [0.05, 0.1) is 0 Å². The van der Waals surface area contributed by atoms with Gasteiger partial charge in [-0.3, -0.25) is 4.79 Å². The fourth-order valence-electron chi connectivity index (χ4n) is 2.32. The van der Waals surface area contributed by atoms with Gasteiger partial charge in [0.15, 0.2) is 0 Å². The van der Waals surface area contributed by atoms with Crippen LogP contribution in [-0.2, 0) is 4.79 Å². The van der Waals surface area contributed by atoms with Crippen molar-refractivity contribution in [2.75, 3.05) is 20.1 Å². The van der Waals surface area contributed by atoms with Crippen LogP contribution in [0, 0.1) is 5.92 Å². The van der Waals surface area contributed by atoms with Gasteiger partial charge in [-0.15, -0.1) is 0 Å². The predicted octanol–water partition coefficient (Wildman–Crippen LogP) is -1.42. The second kappa shape index (κ2) is 5.14. The van der Waals surface area contributed by atoms with Crippen LogP contribution < -0.4 is 5.73 Å². The van der Waals surface area contributed by atoms with Crippen LogP contribution in [0.3, 0.4) is 0 Å². The molecule has 1 unspecified atom stereocenters. The molecule has 0 aromatic carbocycles. The van der Waals surface area contributed by atoms with Crippen molar-refractivity contribution in [1.82, 2.24) is 4.90 Å². The molecule has 1 saturated heterocycles. The molecule has 1 aliphatic rings. The van der Waals surface area contributed by atoms with Gasteiger partial charge in [-0.05, 0) is 19.8 Å². The average Bonchev–Trinajstić information content (AvgIpc) is 2.42.